The number of fused-ring (bicyclic) bond motifs is 1. The molecule has 0 bridgehead atoms. The van der Waals surface area contributed by atoms with Gasteiger partial charge in [-0.25, -0.2) is 0 Å². The highest BCUT2D eigenvalue weighted by Gasteiger charge is 2.22. The van der Waals surface area contributed by atoms with Gasteiger partial charge >= 0.3 is 0 Å². The molecule has 0 aliphatic carbocycles. The van der Waals surface area contributed by atoms with Crippen LogP contribution in [0.1, 0.15) is 42.1 Å². The number of likely N-dealkylation sites (tertiary alicyclic amines) is 1. The molecule has 164 valence electrons. The molecule has 1 N–H and O–H groups in total. The zero-order valence-corrected chi connectivity index (χ0v) is 18.3. The third-order valence-corrected chi connectivity index (χ3v) is 5.68. The fraction of sp³-hybridized carbons (Fsp3) is 0.259. The molecule has 2 amide bonds. The Bertz CT molecular complexity index is 1130. The summed E-state index contributed by atoms with van der Waals surface area (Å²) in [5.41, 5.74) is 1.66. The summed E-state index contributed by atoms with van der Waals surface area (Å²) in [6, 6.07) is 20.8. The van der Waals surface area contributed by atoms with E-state index in [9.17, 15) is 9.59 Å². The minimum absolute atomic E-state index is 0.146. The normalized spacial score (nSPS) is 14.3. The molecule has 1 saturated heterocycles. The number of carbonyl (C=O) groups is 2. The Balaban J connectivity index is 1.74. The molecule has 0 saturated carbocycles. The Morgan fingerprint density at radius 2 is 1.59 bits per heavy atom. The molecule has 5 heteroatoms. The number of hydrogen-bond acceptors (Lipinski definition) is 3. The highest BCUT2D eigenvalue weighted by molar-refractivity contribution is 6.07. The number of hydrogen-bond donors (Lipinski definition) is 1. The molecule has 5 nitrogen and oxygen atoms in total. The molecule has 1 fully saturated rings. The number of carbonyl (C=O) groups excluding carboxylic acids is 2. The number of nitrogens with one attached hydrogen (secondary N) is 1. The van der Waals surface area contributed by atoms with Gasteiger partial charge in [-0.1, -0.05) is 48.5 Å². The Hall–Kier alpha value is -3.60. The van der Waals surface area contributed by atoms with Crippen LogP contribution in [0.5, 0.6) is 5.75 Å². The van der Waals surface area contributed by atoms with Gasteiger partial charge in [0.05, 0.1) is 6.61 Å². The first-order valence-electron chi connectivity index (χ1n) is 11.2. The molecule has 0 aromatic heterocycles. The van der Waals surface area contributed by atoms with Crippen LogP contribution in [0, 0.1) is 0 Å². The zero-order valence-electron chi connectivity index (χ0n) is 18.3. The lowest BCUT2D eigenvalue weighted by Gasteiger charge is -2.28. The van der Waals surface area contributed by atoms with Crippen molar-refractivity contribution in [1.29, 1.82) is 0 Å². The lowest BCUT2D eigenvalue weighted by atomic mass is 10.0. The van der Waals surface area contributed by atoms with Crippen LogP contribution in [0.2, 0.25) is 0 Å². The van der Waals surface area contributed by atoms with E-state index in [4.69, 9.17) is 4.74 Å². The quantitative estimate of drug-likeness (QED) is 0.561. The first-order valence-corrected chi connectivity index (χ1v) is 11.2. The van der Waals surface area contributed by atoms with E-state index in [1.165, 1.54) is 0 Å². The van der Waals surface area contributed by atoms with Gasteiger partial charge in [-0.3, -0.25) is 9.59 Å². The average Bonchev–Trinajstić information content (AvgIpc) is 2.85. The van der Waals surface area contributed by atoms with Crippen LogP contribution in [-0.4, -0.2) is 36.4 Å². The maximum Gasteiger partial charge on any atom is 0.270 e. The van der Waals surface area contributed by atoms with Crippen LogP contribution in [0.4, 0.5) is 0 Å². The fourth-order valence-electron chi connectivity index (χ4n) is 4.06. The summed E-state index contributed by atoms with van der Waals surface area (Å²) in [7, 11) is 0. The minimum Gasteiger partial charge on any atom is -0.493 e. The van der Waals surface area contributed by atoms with E-state index in [1.807, 2.05) is 66.4 Å². The van der Waals surface area contributed by atoms with Gasteiger partial charge in [0.1, 0.15) is 11.4 Å². The number of piperidine rings is 1. The SMILES string of the molecule is CCOc1ccc(/C=C(\NC(=O)c2ccccc2)C(=O)N2CCCCC2)c2ccccc12. The number of nitrogens with zero attached hydrogens (tertiary/aromatic N) is 1. The van der Waals surface area contributed by atoms with Crippen LogP contribution < -0.4 is 10.1 Å². The first kappa shape index (κ1) is 21.6. The zero-order chi connectivity index (χ0) is 22.3. The highest BCUT2D eigenvalue weighted by Crippen LogP contribution is 2.30. The van der Waals surface area contributed by atoms with Gasteiger partial charge in [0.25, 0.3) is 11.8 Å². The highest BCUT2D eigenvalue weighted by atomic mass is 16.5. The molecular formula is C27H28N2O3. The molecule has 0 spiro atoms. The van der Waals surface area contributed by atoms with Gasteiger partial charge in [0.15, 0.2) is 0 Å². The predicted octanol–water partition coefficient (Wildman–Crippen LogP) is 5.02. The van der Waals surface area contributed by atoms with Gasteiger partial charge in [-0.2, -0.15) is 0 Å². The minimum atomic E-state index is -0.294. The second kappa shape index (κ2) is 10.1. The molecular weight excluding hydrogens is 400 g/mol. The molecule has 3 aromatic rings. The summed E-state index contributed by atoms with van der Waals surface area (Å²) in [6.45, 7) is 3.95. The Labute approximate surface area is 188 Å². The summed E-state index contributed by atoms with van der Waals surface area (Å²) in [5, 5.41) is 4.83. The van der Waals surface area contributed by atoms with Gasteiger partial charge in [0.2, 0.25) is 0 Å². The number of rotatable bonds is 6. The summed E-state index contributed by atoms with van der Waals surface area (Å²) in [5.74, 6) is 0.363. The third-order valence-electron chi connectivity index (χ3n) is 5.68. The molecule has 4 rings (SSSR count). The number of ether oxygens (including phenoxy) is 1. The first-order chi connectivity index (χ1) is 15.7. The van der Waals surface area contributed by atoms with E-state index in [1.54, 1.807) is 18.2 Å². The standard InChI is InChI=1S/C27H28N2O3/c1-2-32-25-16-15-21(22-13-7-8-14-23(22)25)19-24(27(31)29-17-9-4-10-18-29)28-26(30)20-11-5-3-6-12-20/h3,5-8,11-16,19H,2,4,9-10,17-18H2,1H3,(H,28,30)/b24-19-. The van der Waals surface area contributed by atoms with Gasteiger partial charge in [-0.15, -0.1) is 0 Å². The lowest BCUT2D eigenvalue weighted by molar-refractivity contribution is -0.128. The van der Waals surface area contributed by atoms with Crippen molar-refractivity contribution < 1.29 is 14.3 Å². The van der Waals surface area contributed by atoms with E-state index in [-0.39, 0.29) is 17.5 Å². The number of amides is 2. The van der Waals surface area contributed by atoms with Crippen LogP contribution >= 0.6 is 0 Å². The molecule has 0 radical (unpaired) electrons. The third kappa shape index (κ3) is 4.83. The topological polar surface area (TPSA) is 58.6 Å². The second-order valence-electron chi connectivity index (χ2n) is 7.86. The van der Waals surface area contributed by atoms with E-state index in [2.05, 4.69) is 5.32 Å². The van der Waals surface area contributed by atoms with Crippen LogP contribution in [0.15, 0.2) is 72.4 Å². The van der Waals surface area contributed by atoms with Crippen molar-refractivity contribution in [2.24, 2.45) is 0 Å². The predicted molar refractivity (Wildman–Crippen MR) is 127 cm³/mol. The molecule has 0 atom stereocenters. The van der Waals surface area contributed by atoms with Crippen molar-refractivity contribution in [3.8, 4) is 5.75 Å². The largest absolute Gasteiger partial charge is 0.493 e. The van der Waals surface area contributed by atoms with Crippen molar-refractivity contribution in [3.63, 3.8) is 0 Å². The van der Waals surface area contributed by atoms with Crippen molar-refractivity contribution in [3.05, 3.63) is 83.6 Å². The molecule has 1 aliphatic rings. The molecule has 3 aromatic carbocycles. The Morgan fingerprint density at radius 1 is 0.906 bits per heavy atom. The smallest absolute Gasteiger partial charge is 0.270 e. The van der Waals surface area contributed by atoms with Crippen molar-refractivity contribution >= 4 is 28.7 Å². The van der Waals surface area contributed by atoms with Crippen LogP contribution in [0.3, 0.4) is 0 Å². The molecule has 1 aliphatic heterocycles. The number of benzene rings is 3. The molecule has 0 unspecified atom stereocenters. The summed E-state index contributed by atoms with van der Waals surface area (Å²) < 4.78 is 5.78. The van der Waals surface area contributed by atoms with E-state index in [0.717, 1.165) is 41.3 Å². The Morgan fingerprint density at radius 3 is 2.31 bits per heavy atom. The van der Waals surface area contributed by atoms with Gasteiger partial charge in [-0.05, 0) is 61.4 Å². The fourth-order valence-corrected chi connectivity index (χ4v) is 4.06. The van der Waals surface area contributed by atoms with E-state index in [0.29, 0.717) is 25.3 Å². The van der Waals surface area contributed by atoms with Crippen molar-refractivity contribution in [2.75, 3.05) is 19.7 Å². The summed E-state index contributed by atoms with van der Waals surface area (Å²) in [6.07, 6.45) is 4.88. The van der Waals surface area contributed by atoms with Crippen molar-refractivity contribution in [2.45, 2.75) is 26.2 Å². The average molecular weight is 429 g/mol. The monoisotopic (exact) mass is 428 g/mol. The van der Waals surface area contributed by atoms with Crippen LogP contribution in [-0.2, 0) is 4.79 Å². The maximum atomic E-state index is 13.4. The Kier molecular flexibility index (Phi) is 6.85. The summed E-state index contributed by atoms with van der Waals surface area (Å²) in [4.78, 5) is 28.1. The van der Waals surface area contributed by atoms with E-state index >= 15 is 0 Å². The van der Waals surface area contributed by atoms with Gasteiger partial charge in [0, 0.05) is 24.0 Å². The maximum absolute atomic E-state index is 13.4. The van der Waals surface area contributed by atoms with Crippen molar-refractivity contribution in [1.82, 2.24) is 10.2 Å². The van der Waals surface area contributed by atoms with E-state index < -0.39 is 0 Å². The van der Waals surface area contributed by atoms with Crippen LogP contribution in [0.25, 0.3) is 16.8 Å². The molecule has 32 heavy (non-hydrogen) atoms. The van der Waals surface area contributed by atoms with Gasteiger partial charge < -0.3 is 15.0 Å². The molecule has 1 heterocycles. The second-order valence-corrected chi connectivity index (χ2v) is 7.86. The summed E-state index contributed by atoms with van der Waals surface area (Å²) >= 11 is 0. The lowest BCUT2D eigenvalue weighted by Crippen LogP contribution is -2.41.